The van der Waals surface area contributed by atoms with Gasteiger partial charge in [0.15, 0.2) is 0 Å². The molecule has 0 aromatic heterocycles. The van der Waals surface area contributed by atoms with Crippen molar-refractivity contribution in [3.63, 3.8) is 0 Å². The van der Waals surface area contributed by atoms with E-state index in [1.165, 1.54) is 26.4 Å². The van der Waals surface area contributed by atoms with E-state index in [-0.39, 0.29) is 15.6 Å². The predicted molar refractivity (Wildman–Crippen MR) is 84.8 cm³/mol. The van der Waals surface area contributed by atoms with E-state index in [0.717, 1.165) is 0 Å². The summed E-state index contributed by atoms with van der Waals surface area (Å²) in [5.74, 6) is -0.233. The zero-order valence-corrected chi connectivity index (χ0v) is 14.4. The molecule has 3 nitrogen and oxygen atoms in total. The Kier molecular flexibility index (Phi) is 5.00. The molecule has 0 aliphatic heterocycles. The molecule has 2 aromatic carbocycles. The molecule has 0 amide bonds. The van der Waals surface area contributed by atoms with Crippen LogP contribution in [0.15, 0.2) is 39.3 Å². The van der Waals surface area contributed by atoms with E-state index in [4.69, 9.17) is 9.47 Å². The zero-order valence-electron chi connectivity index (χ0n) is 11.2. The molecule has 0 fully saturated rings. The number of hydrogen-bond acceptors (Lipinski definition) is 3. The van der Waals surface area contributed by atoms with Crippen molar-refractivity contribution in [1.82, 2.24) is 0 Å². The van der Waals surface area contributed by atoms with Crippen molar-refractivity contribution >= 4 is 37.6 Å². The third-order valence-corrected chi connectivity index (χ3v) is 4.14. The van der Waals surface area contributed by atoms with Crippen molar-refractivity contribution in [2.75, 3.05) is 14.2 Å². The fourth-order valence-corrected chi connectivity index (χ4v) is 2.84. The van der Waals surface area contributed by atoms with Gasteiger partial charge in [0.1, 0.15) is 17.3 Å². The van der Waals surface area contributed by atoms with E-state index in [9.17, 15) is 9.18 Å². The molecule has 0 saturated carbocycles. The molecule has 21 heavy (non-hydrogen) atoms. The van der Waals surface area contributed by atoms with Crippen LogP contribution in [0.3, 0.4) is 0 Å². The fourth-order valence-electron chi connectivity index (χ4n) is 1.87. The number of ketones is 1. The summed E-state index contributed by atoms with van der Waals surface area (Å²) in [6, 6.07) is 7.77. The molecule has 2 rings (SSSR count). The first-order chi connectivity index (χ1) is 9.99. The third-order valence-electron chi connectivity index (χ3n) is 2.91. The lowest BCUT2D eigenvalue weighted by Gasteiger charge is -2.12. The van der Waals surface area contributed by atoms with Crippen LogP contribution in [0.5, 0.6) is 11.5 Å². The first kappa shape index (κ1) is 16.0. The van der Waals surface area contributed by atoms with Gasteiger partial charge in [-0.1, -0.05) is 6.07 Å². The maximum Gasteiger partial charge on any atom is 0.200 e. The van der Waals surface area contributed by atoms with Gasteiger partial charge in [-0.15, -0.1) is 0 Å². The Morgan fingerprint density at radius 3 is 2.43 bits per heavy atom. The topological polar surface area (TPSA) is 35.5 Å². The standard InChI is InChI=1S/C15H11Br2FO3/c1-20-8-6-11(17)13(12(7-8)21-2)15(19)9-4-3-5-10(16)14(9)18/h3-7H,1-2H3. The van der Waals surface area contributed by atoms with Gasteiger partial charge < -0.3 is 9.47 Å². The van der Waals surface area contributed by atoms with Crippen molar-refractivity contribution in [2.45, 2.75) is 0 Å². The average molecular weight is 418 g/mol. The van der Waals surface area contributed by atoms with Crippen LogP contribution in [-0.4, -0.2) is 20.0 Å². The molecule has 6 heteroatoms. The molecule has 0 radical (unpaired) electrons. The Bertz CT molecular complexity index is 702. The van der Waals surface area contributed by atoms with E-state index in [1.54, 1.807) is 18.2 Å². The lowest BCUT2D eigenvalue weighted by Crippen LogP contribution is -2.08. The minimum Gasteiger partial charge on any atom is -0.497 e. The van der Waals surface area contributed by atoms with Crippen LogP contribution >= 0.6 is 31.9 Å². The van der Waals surface area contributed by atoms with Gasteiger partial charge in [-0.3, -0.25) is 4.79 Å². The Balaban J connectivity index is 2.60. The highest BCUT2D eigenvalue weighted by molar-refractivity contribution is 9.10. The van der Waals surface area contributed by atoms with Crippen LogP contribution in [-0.2, 0) is 0 Å². The zero-order chi connectivity index (χ0) is 15.6. The summed E-state index contributed by atoms with van der Waals surface area (Å²) in [6.45, 7) is 0. The van der Waals surface area contributed by atoms with Crippen LogP contribution in [0.1, 0.15) is 15.9 Å². The highest BCUT2D eigenvalue weighted by Crippen LogP contribution is 2.35. The van der Waals surface area contributed by atoms with E-state index >= 15 is 0 Å². The number of ether oxygens (including phenoxy) is 2. The molecule has 0 spiro atoms. The van der Waals surface area contributed by atoms with Gasteiger partial charge in [0, 0.05) is 10.5 Å². The second-order valence-electron chi connectivity index (χ2n) is 4.12. The second-order valence-corrected chi connectivity index (χ2v) is 5.83. The molecule has 0 unspecified atom stereocenters. The molecule has 0 aliphatic rings. The van der Waals surface area contributed by atoms with Crippen molar-refractivity contribution in [2.24, 2.45) is 0 Å². The molecule has 0 saturated heterocycles. The SMILES string of the molecule is COc1cc(Br)c(C(=O)c2cccc(Br)c2F)c(OC)c1. The normalized spacial score (nSPS) is 10.3. The summed E-state index contributed by atoms with van der Waals surface area (Å²) in [6.07, 6.45) is 0. The van der Waals surface area contributed by atoms with Crippen molar-refractivity contribution in [3.8, 4) is 11.5 Å². The van der Waals surface area contributed by atoms with Crippen LogP contribution < -0.4 is 9.47 Å². The average Bonchev–Trinajstić information content (AvgIpc) is 2.48. The summed E-state index contributed by atoms with van der Waals surface area (Å²) in [4.78, 5) is 12.6. The van der Waals surface area contributed by atoms with Gasteiger partial charge in [0.05, 0.1) is 29.8 Å². The summed E-state index contributed by atoms with van der Waals surface area (Å²) in [5, 5.41) is 0. The van der Waals surface area contributed by atoms with Gasteiger partial charge in [0.25, 0.3) is 0 Å². The molecule has 0 N–H and O–H groups in total. The maximum absolute atomic E-state index is 14.1. The van der Waals surface area contributed by atoms with Crippen LogP contribution in [0, 0.1) is 5.82 Å². The number of hydrogen-bond donors (Lipinski definition) is 0. The molecular weight excluding hydrogens is 407 g/mol. The number of methoxy groups -OCH3 is 2. The van der Waals surface area contributed by atoms with Crippen LogP contribution in [0.4, 0.5) is 4.39 Å². The first-order valence-electron chi connectivity index (χ1n) is 5.89. The maximum atomic E-state index is 14.1. The number of carbonyl (C=O) groups excluding carboxylic acids is 1. The van der Waals surface area contributed by atoms with Gasteiger partial charge in [-0.05, 0) is 50.1 Å². The highest BCUT2D eigenvalue weighted by atomic mass is 79.9. The Morgan fingerprint density at radius 1 is 1.10 bits per heavy atom. The lowest BCUT2D eigenvalue weighted by atomic mass is 10.0. The minimum atomic E-state index is -0.604. The molecular formula is C15H11Br2FO3. The predicted octanol–water partition coefficient (Wildman–Crippen LogP) is 4.60. The molecule has 2 aromatic rings. The van der Waals surface area contributed by atoms with Gasteiger partial charge >= 0.3 is 0 Å². The lowest BCUT2D eigenvalue weighted by molar-refractivity contribution is 0.103. The number of benzene rings is 2. The van der Waals surface area contributed by atoms with Crippen molar-refractivity contribution in [1.29, 1.82) is 0 Å². The van der Waals surface area contributed by atoms with Crippen molar-refractivity contribution < 1.29 is 18.7 Å². The van der Waals surface area contributed by atoms with Crippen molar-refractivity contribution in [3.05, 3.63) is 56.2 Å². The Morgan fingerprint density at radius 2 is 1.81 bits per heavy atom. The molecule has 0 aliphatic carbocycles. The quantitative estimate of drug-likeness (QED) is 0.682. The molecule has 110 valence electrons. The summed E-state index contributed by atoms with van der Waals surface area (Å²) < 4.78 is 25.1. The summed E-state index contributed by atoms with van der Waals surface area (Å²) in [7, 11) is 2.95. The summed E-state index contributed by atoms with van der Waals surface area (Å²) in [5.41, 5.74) is 0.212. The fraction of sp³-hybridized carbons (Fsp3) is 0.133. The van der Waals surface area contributed by atoms with Crippen LogP contribution in [0.2, 0.25) is 0 Å². The van der Waals surface area contributed by atoms with Crippen LogP contribution in [0.25, 0.3) is 0 Å². The molecule has 0 bridgehead atoms. The Hall–Kier alpha value is -1.40. The number of rotatable bonds is 4. The third kappa shape index (κ3) is 3.11. The van der Waals surface area contributed by atoms with Gasteiger partial charge in [0.2, 0.25) is 5.78 Å². The smallest absolute Gasteiger partial charge is 0.200 e. The molecule has 0 heterocycles. The van der Waals surface area contributed by atoms with E-state index in [1.807, 2.05) is 0 Å². The highest BCUT2D eigenvalue weighted by Gasteiger charge is 2.23. The largest absolute Gasteiger partial charge is 0.497 e. The molecule has 0 atom stereocenters. The summed E-state index contributed by atoms with van der Waals surface area (Å²) >= 11 is 6.38. The minimum absolute atomic E-state index is 0.0338. The first-order valence-corrected chi connectivity index (χ1v) is 7.48. The monoisotopic (exact) mass is 416 g/mol. The van der Waals surface area contributed by atoms with E-state index < -0.39 is 11.6 Å². The van der Waals surface area contributed by atoms with Gasteiger partial charge in [-0.2, -0.15) is 0 Å². The number of halogens is 3. The van der Waals surface area contributed by atoms with E-state index in [2.05, 4.69) is 31.9 Å². The second kappa shape index (κ2) is 6.58. The van der Waals surface area contributed by atoms with E-state index in [0.29, 0.717) is 16.0 Å². The number of carbonyl (C=O) groups is 1. The van der Waals surface area contributed by atoms with Gasteiger partial charge in [-0.25, -0.2) is 4.39 Å². The Labute approximate surface area is 138 Å².